The predicted octanol–water partition coefficient (Wildman–Crippen LogP) is 2.94. The SMILES string of the molecule is CC(C)(O)c1cc(C2CC2F)ccn1.O=CNO.c1ccccc1. The Hall–Kier alpha value is -2.31. The zero-order chi connectivity index (χ0) is 18.0. The van der Waals surface area contributed by atoms with Gasteiger partial charge in [0.15, 0.2) is 0 Å². The van der Waals surface area contributed by atoms with E-state index < -0.39 is 11.8 Å². The quantitative estimate of drug-likeness (QED) is 0.458. The van der Waals surface area contributed by atoms with Crippen LogP contribution in [0.25, 0.3) is 0 Å². The van der Waals surface area contributed by atoms with Crippen molar-refractivity contribution >= 4 is 6.41 Å². The number of halogens is 1. The van der Waals surface area contributed by atoms with Gasteiger partial charge in [-0.25, -0.2) is 9.87 Å². The highest BCUT2D eigenvalue weighted by molar-refractivity contribution is 5.43. The van der Waals surface area contributed by atoms with E-state index in [9.17, 15) is 9.50 Å². The smallest absolute Gasteiger partial charge is 0.230 e. The Balaban J connectivity index is 0.000000238. The summed E-state index contributed by atoms with van der Waals surface area (Å²) in [4.78, 5) is 12.9. The Kier molecular flexibility index (Phi) is 8.01. The van der Waals surface area contributed by atoms with Crippen LogP contribution in [0.3, 0.4) is 0 Å². The minimum atomic E-state index is -0.948. The van der Waals surface area contributed by atoms with Gasteiger partial charge in [0.2, 0.25) is 6.41 Å². The molecule has 5 nitrogen and oxygen atoms in total. The van der Waals surface area contributed by atoms with Crippen molar-refractivity contribution in [1.82, 2.24) is 10.5 Å². The summed E-state index contributed by atoms with van der Waals surface area (Å²) < 4.78 is 12.8. The van der Waals surface area contributed by atoms with Crippen LogP contribution in [0.4, 0.5) is 4.39 Å². The zero-order valence-corrected chi connectivity index (χ0v) is 13.8. The van der Waals surface area contributed by atoms with Crippen LogP contribution < -0.4 is 5.48 Å². The van der Waals surface area contributed by atoms with E-state index in [-0.39, 0.29) is 12.3 Å². The van der Waals surface area contributed by atoms with Crippen LogP contribution in [-0.2, 0) is 10.4 Å². The highest BCUT2D eigenvalue weighted by Crippen LogP contribution is 2.43. The Morgan fingerprint density at radius 2 is 1.71 bits per heavy atom. The van der Waals surface area contributed by atoms with Crippen molar-refractivity contribution in [1.29, 1.82) is 0 Å². The number of alkyl halides is 1. The fourth-order valence-corrected chi connectivity index (χ4v) is 1.91. The fraction of sp³-hybridized carbons (Fsp3) is 0.333. The number of carbonyl (C=O) groups is 1. The van der Waals surface area contributed by atoms with Crippen molar-refractivity contribution in [3.05, 3.63) is 66.0 Å². The number of benzene rings is 1. The van der Waals surface area contributed by atoms with Gasteiger partial charge in [-0.15, -0.1) is 0 Å². The predicted molar refractivity (Wildman–Crippen MR) is 89.2 cm³/mol. The molecule has 1 aliphatic rings. The largest absolute Gasteiger partial charge is 0.384 e. The number of carbonyl (C=O) groups excluding carboxylic acids is 1. The minimum absolute atomic E-state index is 0.0269. The number of nitrogens with one attached hydrogen (secondary N) is 1. The first kappa shape index (κ1) is 19.7. The molecule has 24 heavy (non-hydrogen) atoms. The summed E-state index contributed by atoms with van der Waals surface area (Å²) in [6.07, 6.45) is 1.72. The number of hydrogen-bond donors (Lipinski definition) is 3. The molecule has 1 aliphatic carbocycles. The second-order valence-electron chi connectivity index (χ2n) is 5.79. The second kappa shape index (κ2) is 9.75. The van der Waals surface area contributed by atoms with Gasteiger partial charge >= 0.3 is 0 Å². The normalized spacial score (nSPS) is 18.2. The lowest BCUT2D eigenvalue weighted by atomic mass is 10.0. The third-order valence-corrected chi connectivity index (χ3v) is 3.27. The maximum Gasteiger partial charge on any atom is 0.230 e. The molecule has 1 aromatic heterocycles. The van der Waals surface area contributed by atoms with Gasteiger partial charge in [0.1, 0.15) is 11.8 Å². The molecule has 130 valence electrons. The van der Waals surface area contributed by atoms with Crippen molar-refractivity contribution in [2.75, 3.05) is 0 Å². The number of pyridine rings is 1. The summed E-state index contributed by atoms with van der Waals surface area (Å²) >= 11 is 0. The van der Waals surface area contributed by atoms with Crippen molar-refractivity contribution in [2.45, 2.75) is 38.0 Å². The lowest BCUT2D eigenvalue weighted by Gasteiger charge is -2.16. The summed E-state index contributed by atoms with van der Waals surface area (Å²) in [6, 6.07) is 15.6. The van der Waals surface area contributed by atoms with Crippen molar-refractivity contribution in [3.63, 3.8) is 0 Å². The average molecular weight is 334 g/mol. The van der Waals surface area contributed by atoms with Crippen LogP contribution in [0, 0.1) is 0 Å². The molecular weight excluding hydrogens is 311 g/mol. The molecule has 0 aliphatic heterocycles. The van der Waals surface area contributed by atoms with Crippen LogP contribution in [0.1, 0.15) is 37.4 Å². The highest BCUT2D eigenvalue weighted by Gasteiger charge is 2.39. The lowest BCUT2D eigenvalue weighted by molar-refractivity contribution is -0.116. The third kappa shape index (κ3) is 7.30. The van der Waals surface area contributed by atoms with Crippen LogP contribution in [-0.4, -0.2) is 27.9 Å². The fourth-order valence-electron chi connectivity index (χ4n) is 1.91. The van der Waals surface area contributed by atoms with Crippen LogP contribution in [0.15, 0.2) is 54.7 Å². The number of rotatable bonds is 3. The summed E-state index contributed by atoms with van der Waals surface area (Å²) in [7, 11) is 0. The lowest BCUT2D eigenvalue weighted by Crippen LogP contribution is -2.17. The van der Waals surface area contributed by atoms with E-state index in [1.54, 1.807) is 26.1 Å². The molecule has 2 atom stereocenters. The number of hydroxylamine groups is 1. The topological polar surface area (TPSA) is 82.5 Å². The molecular formula is C18H23FN2O3. The number of aliphatic hydroxyl groups is 1. The van der Waals surface area contributed by atoms with Gasteiger partial charge in [-0.05, 0) is 38.0 Å². The van der Waals surface area contributed by atoms with Crippen LogP contribution in [0.2, 0.25) is 0 Å². The van der Waals surface area contributed by atoms with E-state index in [0.717, 1.165) is 5.56 Å². The number of nitrogens with zero attached hydrogens (tertiary/aromatic N) is 1. The Labute approximate surface area is 141 Å². The monoisotopic (exact) mass is 334 g/mol. The molecule has 0 saturated heterocycles. The molecule has 3 rings (SSSR count). The standard InChI is InChI=1S/C11H14FNO.C6H6.CH3NO2/c1-11(2,14)10-5-7(3-4-13-10)8-6-9(8)12;1-2-4-6-5-3-1;3-1-2-4/h3-5,8-9,14H,6H2,1-2H3;1-6H;1,4H,(H,2,3). The first-order valence-electron chi connectivity index (χ1n) is 7.56. The van der Waals surface area contributed by atoms with Crippen molar-refractivity contribution < 1.29 is 19.5 Å². The minimum Gasteiger partial charge on any atom is -0.384 e. The molecule has 0 spiro atoms. The zero-order valence-electron chi connectivity index (χ0n) is 13.8. The molecule has 1 aromatic carbocycles. The second-order valence-corrected chi connectivity index (χ2v) is 5.79. The molecule has 1 saturated carbocycles. The molecule has 6 heteroatoms. The number of amides is 1. The van der Waals surface area contributed by atoms with E-state index in [1.165, 1.54) is 5.48 Å². The van der Waals surface area contributed by atoms with Gasteiger partial charge in [0, 0.05) is 12.1 Å². The molecule has 0 bridgehead atoms. The van der Waals surface area contributed by atoms with Crippen molar-refractivity contribution in [2.24, 2.45) is 0 Å². The average Bonchev–Trinajstić information content (AvgIpc) is 3.33. The first-order chi connectivity index (χ1) is 11.4. The summed E-state index contributed by atoms with van der Waals surface area (Å²) in [5.74, 6) is 0.0269. The van der Waals surface area contributed by atoms with Gasteiger partial charge in [-0.3, -0.25) is 15.0 Å². The Morgan fingerprint density at radius 1 is 1.25 bits per heavy atom. The molecule has 2 aromatic rings. The third-order valence-electron chi connectivity index (χ3n) is 3.27. The van der Waals surface area contributed by atoms with Crippen LogP contribution in [0.5, 0.6) is 0 Å². The Morgan fingerprint density at radius 3 is 2.04 bits per heavy atom. The van der Waals surface area contributed by atoms with E-state index in [0.29, 0.717) is 12.1 Å². The summed E-state index contributed by atoms with van der Waals surface area (Å²) in [5.41, 5.74) is 1.86. The molecule has 0 radical (unpaired) electrons. The van der Waals surface area contributed by atoms with E-state index in [2.05, 4.69) is 4.98 Å². The maximum absolute atomic E-state index is 12.8. The van der Waals surface area contributed by atoms with Gasteiger partial charge < -0.3 is 5.11 Å². The molecule has 1 fully saturated rings. The summed E-state index contributed by atoms with van der Waals surface area (Å²) in [6.45, 7) is 3.36. The van der Waals surface area contributed by atoms with Gasteiger partial charge in [-0.2, -0.15) is 0 Å². The molecule has 1 heterocycles. The molecule has 3 N–H and O–H groups in total. The first-order valence-corrected chi connectivity index (χ1v) is 7.56. The maximum atomic E-state index is 12.8. The van der Waals surface area contributed by atoms with Crippen LogP contribution >= 0.6 is 0 Å². The van der Waals surface area contributed by atoms with E-state index >= 15 is 0 Å². The van der Waals surface area contributed by atoms with E-state index in [1.807, 2.05) is 42.5 Å². The number of hydrogen-bond acceptors (Lipinski definition) is 4. The highest BCUT2D eigenvalue weighted by atomic mass is 19.1. The van der Waals surface area contributed by atoms with Gasteiger partial charge in [0.05, 0.1) is 5.69 Å². The molecule has 2 unspecified atom stereocenters. The van der Waals surface area contributed by atoms with E-state index in [4.69, 9.17) is 10.0 Å². The summed E-state index contributed by atoms with van der Waals surface area (Å²) in [5, 5.41) is 17.0. The van der Waals surface area contributed by atoms with Crippen molar-refractivity contribution in [3.8, 4) is 0 Å². The molecule has 1 amide bonds. The van der Waals surface area contributed by atoms with Gasteiger partial charge in [-0.1, -0.05) is 36.4 Å². The Bertz CT molecular complexity index is 576. The van der Waals surface area contributed by atoms with Gasteiger partial charge in [0.25, 0.3) is 0 Å². The number of aromatic nitrogens is 1.